The van der Waals surface area contributed by atoms with Gasteiger partial charge in [-0.05, 0) is 42.0 Å². The lowest BCUT2D eigenvalue weighted by molar-refractivity contribution is -0.394. The monoisotopic (exact) mass is 566 g/mol. The molecule has 0 bridgehead atoms. The molecule has 0 atom stereocenters. The molecule has 42 heavy (non-hydrogen) atoms. The van der Waals surface area contributed by atoms with Crippen molar-refractivity contribution in [2.24, 2.45) is 0 Å². The summed E-state index contributed by atoms with van der Waals surface area (Å²) in [5.41, 5.74) is 1.24. The average molecular weight is 567 g/mol. The minimum absolute atomic E-state index is 0.0000127. The van der Waals surface area contributed by atoms with E-state index in [1.54, 1.807) is 60.7 Å². The molecule has 4 rings (SSSR count). The summed E-state index contributed by atoms with van der Waals surface area (Å²) >= 11 is 0. The molecule has 0 N–H and O–H groups in total. The van der Waals surface area contributed by atoms with E-state index in [1.165, 1.54) is 30.4 Å². The van der Waals surface area contributed by atoms with Crippen molar-refractivity contribution in [3.8, 4) is 5.75 Å². The lowest BCUT2D eigenvalue weighted by Crippen LogP contribution is -2.09. The summed E-state index contributed by atoms with van der Waals surface area (Å²) in [4.78, 5) is 57.7. The van der Waals surface area contributed by atoms with Crippen LogP contribution in [0, 0.1) is 20.2 Å². The molecule has 0 aliphatic rings. The van der Waals surface area contributed by atoms with E-state index in [-0.39, 0.29) is 35.7 Å². The molecule has 0 radical (unpaired) electrons. The second-order valence-electron chi connectivity index (χ2n) is 8.81. The second-order valence-corrected chi connectivity index (χ2v) is 8.81. The predicted molar refractivity (Wildman–Crippen MR) is 151 cm³/mol. The first-order valence-electron chi connectivity index (χ1n) is 12.5. The number of nitrogens with zero attached hydrogens (tertiary/aromatic N) is 2. The Labute approximate surface area is 238 Å². The van der Waals surface area contributed by atoms with Crippen molar-refractivity contribution >= 4 is 35.2 Å². The minimum atomic E-state index is -0.728. The fourth-order valence-corrected chi connectivity index (χ4v) is 3.85. The van der Waals surface area contributed by atoms with Gasteiger partial charge in [-0.3, -0.25) is 25.0 Å². The molecule has 0 saturated heterocycles. The van der Waals surface area contributed by atoms with Gasteiger partial charge in [0.1, 0.15) is 5.75 Å². The lowest BCUT2D eigenvalue weighted by Gasteiger charge is -2.06. The van der Waals surface area contributed by atoms with Gasteiger partial charge < -0.3 is 9.47 Å². The highest BCUT2D eigenvalue weighted by atomic mass is 16.6. The van der Waals surface area contributed by atoms with Gasteiger partial charge >= 0.3 is 11.9 Å². The number of nitro benzene ring substituents is 2. The van der Waals surface area contributed by atoms with Gasteiger partial charge in [0.2, 0.25) is 0 Å². The molecule has 0 unspecified atom stereocenters. The Hall–Kier alpha value is -5.97. The van der Waals surface area contributed by atoms with Crippen molar-refractivity contribution in [1.29, 1.82) is 0 Å². The summed E-state index contributed by atoms with van der Waals surface area (Å²) in [6, 6.07) is 24.6. The van der Waals surface area contributed by atoms with Crippen molar-refractivity contribution in [2.45, 2.75) is 6.42 Å². The Morgan fingerprint density at radius 3 is 2.02 bits per heavy atom. The number of hydrogen-bond acceptors (Lipinski definition) is 9. The number of ether oxygens (including phenoxy) is 2. The van der Waals surface area contributed by atoms with Crippen LogP contribution >= 0.6 is 0 Å². The number of benzene rings is 4. The molecule has 0 spiro atoms. The highest BCUT2D eigenvalue weighted by Gasteiger charge is 2.19. The highest BCUT2D eigenvalue weighted by Crippen LogP contribution is 2.25. The molecule has 0 aliphatic carbocycles. The van der Waals surface area contributed by atoms with Crippen LogP contribution in [0.15, 0.2) is 103 Å². The Balaban J connectivity index is 1.27. The standard InChI is InChI=1S/C31H22N2O9/c34-29(41-19-18-22-13-14-26(32(37)38)20-28(22)33(39)40)17-8-21-6-15-27(16-7-21)42-31(36)25-11-9-24(10-12-25)30(35)23-4-2-1-3-5-23/h1-17,20H,18-19H2. The van der Waals surface area contributed by atoms with Gasteiger partial charge in [0.25, 0.3) is 11.4 Å². The van der Waals surface area contributed by atoms with Gasteiger partial charge in [-0.1, -0.05) is 54.6 Å². The summed E-state index contributed by atoms with van der Waals surface area (Å²) in [5.74, 6) is -1.18. The maximum Gasteiger partial charge on any atom is 0.343 e. The van der Waals surface area contributed by atoms with Crippen LogP contribution in [0.25, 0.3) is 6.08 Å². The summed E-state index contributed by atoms with van der Waals surface area (Å²) in [6.45, 7) is -0.169. The summed E-state index contributed by atoms with van der Waals surface area (Å²) in [5, 5.41) is 22.1. The zero-order chi connectivity index (χ0) is 30.1. The number of hydrogen-bond donors (Lipinski definition) is 0. The van der Waals surface area contributed by atoms with Crippen LogP contribution in [0.3, 0.4) is 0 Å². The molecular weight excluding hydrogens is 544 g/mol. The topological polar surface area (TPSA) is 156 Å². The third-order valence-electron chi connectivity index (χ3n) is 6.01. The van der Waals surface area contributed by atoms with E-state index in [2.05, 4.69) is 0 Å². The van der Waals surface area contributed by atoms with Crippen LogP contribution in [0.4, 0.5) is 11.4 Å². The molecule has 0 aromatic heterocycles. The first-order chi connectivity index (χ1) is 20.2. The van der Waals surface area contributed by atoms with Crippen molar-refractivity contribution in [1.82, 2.24) is 0 Å². The zero-order valence-electron chi connectivity index (χ0n) is 21.9. The lowest BCUT2D eigenvalue weighted by atomic mass is 10.0. The van der Waals surface area contributed by atoms with Gasteiger partial charge in [0.05, 0.1) is 28.1 Å². The van der Waals surface area contributed by atoms with Crippen LogP contribution in [-0.4, -0.2) is 34.2 Å². The largest absolute Gasteiger partial charge is 0.462 e. The van der Waals surface area contributed by atoms with Gasteiger partial charge in [0.15, 0.2) is 5.78 Å². The fraction of sp³-hybridized carbons (Fsp3) is 0.0645. The number of rotatable bonds is 11. The highest BCUT2D eigenvalue weighted by molar-refractivity contribution is 6.09. The van der Waals surface area contributed by atoms with Gasteiger partial charge in [-0.15, -0.1) is 0 Å². The summed E-state index contributed by atoms with van der Waals surface area (Å²) in [7, 11) is 0. The molecule has 0 fully saturated rings. The Bertz CT molecular complexity index is 1660. The van der Waals surface area contributed by atoms with Crippen LogP contribution in [0.2, 0.25) is 0 Å². The van der Waals surface area contributed by atoms with Gasteiger partial charge in [0, 0.05) is 35.3 Å². The molecule has 4 aromatic rings. The van der Waals surface area contributed by atoms with Crippen molar-refractivity contribution in [2.75, 3.05) is 6.61 Å². The number of non-ortho nitro benzene ring substituents is 1. The smallest absolute Gasteiger partial charge is 0.343 e. The average Bonchev–Trinajstić information content (AvgIpc) is 3.00. The number of nitro groups is 2. The molecule has 0 aliphatic heterocycles. The Kier molecular flexibility index (Phi) is 9.26. The molecular formula is C31H22N2O9. The Morgan fingerprint density at radius 2 is 1.38 bits per heavy atom. The molecule has 210 valence electrons. The fourth-order valence-electron chi connectivity index (χ4n) is 3.85. The quantitative estimate of drug-likeness (QED) is 0.0550. The third kappa shape index (κ3) is 7.57. The van der Waals surface area contributed by atoms with Crippen LogP contribution in [-0.2, 0) is 16.0 Å². The first-order valence-corrected chi connectivity index (χ1v) is 12.5. The maximum absolute atomic E-state index is 12.5. The zero-order valence-corrected chi connectivity index (χ0v) is 21.9. The van der Waals surface area contributed by atoms with Crippen molar-refractivity contribution in [3.05, 3.63) is 151 Å². The number of carbonyl (C=O) groups excluding carboxylic acids is 3. The minimum Gasteiger partial charge on any atom is -0.462 e. The van der Waals surface area contributed by atoms with Crippen LogP contribution in [0.5, 0.6) is 5.75 Å². The summed E-state index contributed by atoms with van der Waals surface area (Å²) in [6.07, 6.45) is 2.65. The molecule has 0 amide bonds. The van der Waals surface area contributed by atoms with E-state index >= 15 is 0 Å². The third-order valence-corrected chi connectivity index (χ3v) is 6.01. The first kappa shape index (κ1) is 29.0. The van der Waals surface area contributed by atoms with E-state index < -0.39 is 33.2 Å². The van der Waals surface area contributed by atoms with Gasteiger partial charge in [-0.25, -0.2) is 9.59 Å². The molecule has 0 heterocycles. The van der Waals surface area contributed by atoms with E-state index in [4.69, 9.17) is 9.47 Å². The summed E-state index contributed by atoms with van der Waals surface area (Å²) < 4.78 is 10.5. The number of ketones is 1. The van der Waals surface area contributed by atoms with Gasteiger partial charge in [-0.2, -0.15) is 0 Å². The Morgan fingerprint density at radius 1 is 0.738 bits per heavy atom. The predicted octanol–water partition coefficient (Wildman–Crippen LogP) is 5.75. The number of esters is 2. The normalized spacial score (nSPS) is 10.7. The maximum atomic E-state index is 12.5. The molecule has 11 nitrogen and oxygen atoms in total. The molecule has 4 aromatic carbocycles. The van der Waals surface area contributed by atoms with E-state index in [0.717, 1.165) is 12.1 Å². The van der Waals surface area contributed by atoms with Crippen molar-refractivity contribution < 1.29 is 33.7 Å². The van der Waals surface area contributed by atoms with E-state index in [9.17, 15) is 34.6 Å². The van der Waals surface area contributed by atoms with Crippen LogP contribution in [0.1, 0.15) is 37.4 Å². The second kappa shape index (κ2) is 13.4. The van der Waals surface area contributed by atoms with Crippen molar-refractivity contribution in [3.63, 3.8) is 0 Å². The number of carbonyl (C=O) groups is 3. The molecule has 11 heteroatoms. The van der Waals surface area contributed by atoms with E-state index in [1.807, 2.05) is 6.07 Å². The molecule has 0 saturated carbocycles. The van der Waals surface area contributed by atoms with E-state index in [0.29, 0.717) is 16.7 Å². The van der Waals surface area contributed by atoms with Crippen LogP contribution < -0.4 is 4.74 Å². The SMILES string of the molecule is O=C(C=Cc1ccc(OC(=O)c2ccc(C(=O)c3ccccc3)cc2)cc1)OCCc1ccc([N+](=O)[O-])cc1[N+](=O)[O-].